The maximum Gasteiger partial charge on any atom is 0.252 e. The molecular formula is C21H22N4O2. The van der Waals surface area contributed by atoms with E-state index in [4.69, 9.17) is 0 Å². The van der Waals surface area contributed by atoms with Crippen LogP contribution in [0.15, 0.2) is 61.1 Å². The predicted molar refractivity (Wildman–Crippen MR) is 102 cm³/mol. The maximum absolute atomic E-state index is 13.1. The second kappa shape index (κ2) is 7.72. The number of carbonyl (C=O) groups excluding carboxylic acids is 1. The predicted octanol–water partition coefficient (Wildman–Crippen LogP) is 2.58. The normalized spacial score (nSPS) is 19.9. The molecule has 138 valence electrons. The van der Waals surface area contributed by atoms with Gasteiger partial charge >= 0.3 is 0 Å². The van der Waals surface area contributed by atoms with Gasteiger partial charge < -0.3 is 15.4 Å². The summed E-state index contributed by atoms with van der Waals surface area (Å²) in [4.78, 5) is 24.8. The minimum atomic E-state index is -0.270. The average molecular weight is 362 g/mol. The second-order valence-corrected chi connectivity index (χ2v) is 6.97. The van der Waals surface area contributed by atoms with Crippen LogP contribution in [0.5, 0.6) is 0 Å². The van der Waals surface area contributed by atoms with Crippen LogP contribution in [0.25, 0.3) is 11.4 Å². The van der Waals surface area contributed by atoms with Crippen LogP contribution >= 0.6 is 0 Å². The van der Waals surface area contributed by atoms with Gasteiger partial charge in [-0.25, -0.2) is 4.98 Å². The fraction of sp³-hybridized carbons (Fsp3) is 0.286. The largest absolute Gasteiger partial charge is 0.393 e. The van der Waals surface area contributed by atoms with Crippen molar-refractivity contribution in [1.29, 1.82) is 0 Å². The number of rotatable bonds is 6. The van der Waals surface area contributed by atoms with E-state index in [2.05, 4.69) is 20.3 Å². The number of nitrogens with zero attached hydrogens (tertiary/aromatic N) is 2. The lowest BCUT2D eigenvalue weighted by molar-refractivity contribution is 0.0238. The Bertz CT molecular complexity index is 890. The Kier molecular flexibility index (Phi) is 4.98. The van der Waals surface area contributed by atoms with Crippen LogP contribution in [-0.2, 0) is 6.42 Å². The minimum absolute atomic E-state index is 0.0690. The molecule has 0 radical (unpaired) electrons. The zero-order valence-corrected chi connectivity index (χ0v) is 14.9. The Labute approximate surface area is 157 Å². The maximum atomic E-state index is 13.1. The summed E-state index contributed by atoms with van der Waals surface area (Å²) in [5.74, 6) is 0.784. The quantitative estimate of drug-likeness (QED) is 0.629. The van der Waals surface area contributed by atoms with E-state index in [0.29, 0.717) is 30.7 Å². The highest BCUT2D eigenvalue weighted by Gasteiger charge is 2.35. The number of aliphatic hydroxyl groups excluding tert-OH is 1. The Morgan fingerprint density at radius 1 is 1.15 bits per heavy atom. The van der Waals surface area contributed by atoms with E-state index in [9.17, 15) is 9.90 Å². The van der Waals surface area contributed by atoms with E-state index in [-0.39, 0.29) is 24.0 Å². The number of nitrogens with one attached hydrogen (secondary N) is 2. The van der Waals surface area contributed by atoms with Gasteiger partial charge in [-0.3, -0.25) is 9.78 Å². The number of aliphatic hydroxyl groups is 1. The van der Waals surface area contributed by atoms with Crippen molar-refractivity contribution in [3.8, 4) is 11.4 Å². The van der Waals surface area contributed by atoms with Crippen molar-refractivity contribution >= 4 is 5.91 Å². The van der Waals surface area contributed by atoms with Crippen molar-refractivity contribution in [3.05, 3.63) is 72.3 Å². The zero-order valence-electron chi connectivity index (χ0n) is 14.9. The summed E-state index contributed by atoms with van der Waals surface area (Å²) < 4.78 is 0. The van der Waals surface area contributed by atoms with Gasteiger partial charge in [0.25, 0.3) is 5.91 Å². The molecule has 27 heavy (non-hydrogen) atoms. The van der Waals surface area contributed by atoms with E-state index < -0.39 is 0 Å². The molecule has 4 rings (SSSR count). The molecule has 6 heteroatoms. The molecule has 2 aromatic heterocycles. The van der Waals surface area contributed by atoms with Crippen molar-refractivity contribution in [2.75, 3.05) is 0 Å². The molecule has 1 amide bonds. The van der Waals surface area contributed by atoms with Gasteiger partial charge in [-0.15, -0.1) is 0 Å². The van der Waals surface area contributed by atoms with Gasteiger partial charge in [-0.1, -0.05) is 24.3 Å². The first-order chi connectivity index (χ1) is 13.2. The van der Waals surface area contributed by atoms with Crippen LogP contribution in [-0.4, -0.2) is 38.1 Å². The van der Waals surface area contributed by atoms with Gasteiger partial charge in [0.1, 0.15) is 5.82 Å². The Morgan fingerprint density at radius 3 is 2.67 bits per heavy atom. The lowest BCUT2D eigenvalue weighted by atomic mass is 9.75. The summed E-state index contributed by atoms with van der Waals surface area (Å²) in [7, 11) is 0. The summed E-state index contributed by atoms with van der Waals surface area (Å²) >= 11 is 0. The summed E-state index contributed by atoms with van der Waals surface area (Å²) in [6, 6.07) is 13.2. The third kappa shape index (κ3) is 3.90. The molecule has 1 fully saturated rings. The van der Waals surface area contributed by atoms with Crippen LogP contribution in [0.1, 0.15) is 28.9 Å². The van der Waals surface area contributed by atoms with E-state index in [1.165, 1.54) is 0 Å². The van der Waals surface area contributed by atoms with Crippen LogP contribution in [0.2, 0.25) is 0 Å². The fourth-order valence-corrected chi connectivity index (χ4v) is 3.58. The molecule has 0 saturated heterocycles. The van der Waals surface area contributed by atoms with Crippen molar-refractivity contribution in [2.45, 2.75) is 31.4 Å². The monoisotopic (exact) mass is 362 g/mol. The molecular weight excluding hydrogens is 340 g/mol. The number of H-pyrrole nitrogens is 1. The number of aromatic amines is 1. The summed E-state index contributed by atoms with van der Waals surface area (Å²) in [6.07, 6.45) is 6.96. The number of pyridine rings is 1. The smallest absolute Gasteiger partial charge is 0.252 e. The van der Waals surface area contributed by atoms with Crippen LogP contribution in [0.3, 0.4) is 0 Å². The molecule has 2 heterocycles. The Morgan fingerprint density at radius 2 is 1.96 bits per heavy atom. The highest BCUT2D eigenvalue weighted by Crippen LogP contribution is 2.32. The number of hydrogen-bond acceptors (Lipinski definition) is 4. The van der Waals surface area contributed by atoms with Gasteiger partial charge in [-0.05, 0) is 37.0 Å². The van der Waals surface area contributed by atoms with E-state index in [1.807, 2.05) is 36.4 Å². The van der Waals surface area contributed by atoms with Crippen molar-refractivity contribution in [3.63, 3.8) is 0 Å². The molecule has 1 atom stereocenters. The van der Waals surface area contributed by atoms with E-state index in [0.717, 1.165) is 11.3 Å². The average Bonchev–Trinajstić information content (AvgIpc) is 3.20. The van der Waals surface area contributed by atoms with Crippen LogP contribution in [0, 0.1) is 5.92 Å². The molecule has 0 unspecified atom stereocenters. The molecule has 1 saturated carbocycles. The lowest BCUT2D eigenvalue weighted by Crippen LogP contribution is -2.48. The SMILES string of the molecule is O=C(N[C@H](Cc1ccccn1)C1CC(O)C1)c1ccccc1-c1ncc[nH]1. The highest BCUT2D eigenvalue weighted by molar-refractivity contribution is 6.00. The number of amides is 1. The second-order valence-electron chi connectivity index (χ2n) is 6.97. The fourth-order valence-electron chi connectivity index (χ4n) is 3.58. The van der Waals surface area contributed by atoms with E-state index in [1.54, 1.807) is 24.7 Å². The summed E-state index contributed by atoms with van der Waals surface area (Å²) in [5, 5.41) is 12.9. The molecule has 0 aliphatic heterocycles. The minimum Gasteiger partial charge on any atom is -0.393 e. The summed E-state index contributed by atoms with van der Waals surface area (Å²) in [5.41, 5.74) is 2.28. The lowest BCUT2D eigenvalue weighted by Gasteiger charge is -2.38. The van der Waals surface area contributed by atoms with Gasteiger partial charge in [0.15, 0.2) is 0 Å². The number of benzene rings is 1. The van der Waals surface area contributed by atoms with Crippen molar-refractivity contribution in [2.24, 2.45) is 5.92 Å². The first kappa shape index (κ1) is 17.4. The topological polar surface area (TPSA) is 90.9 Å². The molecule has 6 nitrogen and oxygen atoms in total. The molecule has 1 aliphatic rings. The molecule has 3 aromatic rings. The Balaban J connectivity index is 1.55. The van der Waals surface area contributed by atoms with Gasteiger partial charge in [-0.2, -0.15) is 0 Å². The van der Waals surface area contributed by atoms with Crippen LogP contribution < -0.4 is 5.32 Å². The third-order valence-corrected chi connectivity index (χ3v) is 5.12. The van der Waals surface area contributed by atoms with Crippen molar-refractivity contribution in [1.82, 2.24) is 20.3 Å². The molecule has 3 N–H and O–H groups in total. The number of carbonyl (C=O) groups is 1. The zero-order chi connectivity index (χ0) is 18.6. The highest BCUT2D eigenvalue weighted by atomic mass is 16.3. The number of hydrogen-bond donors (Lipinski definition) is 3. The van der Waals surface area contributed by atoms with Gasteiger partial charge in [0.05, 0.1) is 11.7 Å². The molecule has 1 aliphatic carbocycles. The summed E-state index contributed by atoms with van der Waals surface area (Å²) in [6.45, 7) is 0. The van der Waals surface area contributed by atoms with E-state index >= 15 is 0 Å². The molecule has 1 aromatic carbocycles. The number of imidazole rings is 1. The van der Waals surface area contributed by atoms with Crippen molar-refractivity contribution < 1.29 is 9.90 Å². The Hall–Kier alpha value is -2.99. The van der Waals surface area contributed by atoms with Crippen LogP contribution in [0.4, 0.5) is 0 Å². The van der Waals surface area contributed by atoms with Gasteiger partial charge in [0.2, 0.25) is 0 Å². The first-order valence-corrected chi connectivity index (χ1v) is 9.18. The molecule has 0 spiro atoms. The first-order valence-electron chi connectivity index (χ1n) is 9.18. The third-order valence-electron chi connectivity index (χ3n) is 5.12. The molecule has 0 bridgehead atoms. The standard InChI is InChI=1S/C21H22N4O2/c26-16-11-14(12-16)19(13-15-5-3-4-8-22-15)25-21(27)18-7-2-1-6-17(18)20-23-9-10-24-20/h1-10,14,16,19,26H,11-13H2,(H,23,24)(H,25,27)/t14?,16?,19-/m1/s1. The number of aromatic nitrogens is 3. The van der Waals surface area contributed by atoms with Gasteiger partial charge in [0, 0.05) is 42.3 Å².